The number of nitrogen functional groups attached to an aromatic ring is 1. The number of para-hydroxylation sites is 2. The molecule has 1 amide bonds. The van der Waals surface area contributed by atoms with Crippen LogP contribution < -0.4 is 11.1 Å². The molecule has 6 rings (SSSR count). The zero-order valence-electron chi connectivity index (χ0n) is 20.5. The fourth-order valence-electron chi connectivity index (χ4n) is 5.04. The first kappa shape index (κ1) is 23.4. The molecular weight excluding hydrogens is 482 g/mol. The lowest BCUT2D eigenvalue weighted by Crippen LogP contribution is -2.35. The number of nitrogens with one attached hydrogen (secondary N) is 1. The molecule has 0 bridgehead atoms. The van der Waals surface area contributed by atoms with Crippen molar-refractivity contribution >= 4 is 34.3 Å². The third-order valence-corrected chi connectivity index (χ3v) is 8.30. The van der Waals surface area contributed by atoms with E-state index in [0.717, 1.165) is 45.3 Å². The third-order valence-electron chi connectivity index (χ3n) is 7.12. The van der Waals surface area contributed by atoms with Gasteiger partial charge in [-0.1, -0.05) is 30.3 Å². The predicted octanol–water partition coefficient (Wildman–Crippen LogP) is 5.70. The Labute approximate surface area is 219 Å². The van der Waals surface area contributed by atoms with E-state index in [-0.39, 0.29) is 11.3 Å². The monoisotopic (exact) mass is 509 g/mol. The first-order valence-corrected chi connectivity index (χ1v) is 13.1. The van der Waals surface area contributed by atoms with Crippen molar-refractivity contribution in [2.24, 2.45) is 0 Å². The van der Waals surface area contributed by atoms with E-state index in [2.05, 4.69) is 33.8 Å². The number of nitrogens with two attached hydrogens (primary N) is 1. The van der Waals surface area contributed by atoms with Crippen LogP contribution in [0.1, 0.15) is 38.6 Å². The maximum absolute atomic E-state index is 12.9. The number of ether oxygens (including phenoxy) is 1. The fourth-order valence-corrected chi connectivity index (χ4v) is 6.23. The highest BCUT2D eigenvalue weighted by molar-refractivity contribution is 7.12. The second-order valence-corrected chi connectivity index (χ2v) is 10.5. The first-order chi connectivity index (χ1) is 18.0. The van der Waals surface area contributed by atoms with Crippen LogP contribution in [0.25, 0.3) is 17.0 Å². The lowest BCUT2D eigenvalue weighted by molar-refractivity contribution is 0.0630. The number of nitrogens with zero attached hydrogens (tertiary/aromatic N) is 3. The van der Waals surface area contributed by atoms with Gasteiger partial charge in [0, 0.05) is 29.9 Å². The number of hydrogen-bond acceptors (Lipinski definition) is 6. The summed E-state index contributed by atoms with van der Waals surface area (Å²) in [7, 11) is 0. The number of aryl methyl sites for hydroxylation is 1. The third kappa shape index (κ3) is 4.18. The van der Waals surface area contributed by atoms with Crippen molar-refractivity contribution in [3.8, 4) is 11.4 Å². The van der Waals surface area contributed by atoms with Gasteiger partial charge >= 0.3 is 0 Å². The number of benzene rings is 2. The molecule has 0 unspecified atom stereocenters. The number of aromatic nitrogens is 3. The minimum atomic E-state index is -0.273. The molecule has 1 saturated heterocycles. The molecule has 186 valence electrons. The van der Waals surface area contributed by atoms with Gasteiger partial charge in [-0.25, -0.2) is 9.97 Å². The maximum Gasteiger partial charge on any atom is 0.255 e. The molecule has 0 saturated carbocycles. The second kappa shape index (κ2) is 9.46. The van der Waals surface area contributed by atoms with Crippen LogP contribution in [0.15, 0.2) is 79.1 Å². The lowest BCUT2D eigenvalue weighted by Gasteiger charge is -2.36. The molecule has 5 aromatic rings. The van der Waals surface area contributed by atoms with Crippen molar-refractivity contribution in [3.63, 3.8) is 0 Å². The summed E-state index contributed by atoms with van der Waals surface area (Å²) in [6.07, 6.45) is 5.58. The summed E-state index contributed by atoms with van der Waals surface area (Å²) >= 11 is 1.73. The summed E-state index contributed by atoms with van der Waals surface area (Å²) in [6, 6.07) is 21.1. The van der Waals surface area contributed by atoms with E-state index in [4.69, 9.17) is 15.5 Å². The van der Waals surface area contributed by atoms with Gasteiger partial charge in [0.25, 0.3) is 5.91 Å². The van der Waals surface area contributed by atoms with Crippen LogP contribution in [0.3, 0.4) is 0 Å². The molecule has 8 heteroatoms. The Kier molecular flexibility index (Phi) is 5.98. The van der Waals surface area contributed by atoms with Gasteiger partial charge in [0.15, 0.2) is 0 Å². The Balaban J connectivity index is 1.34. The average molecular weight is 510 g/mol. The molecule has 2 aromatic carbocycles. The maximum atomic E-state index is 12.9. The number of amides is 1. The lowest BCUT2D eigenvalue weighted by atomic mass is 9.74. The summed E-state index contributed by atoms with van der Waals surface area (Å²) in [5, 5.41) is 3.98. The highest BCUT2D eigenvalue weighted by Gasteiger charge is 2.40. The van der Waals surface area contributed by atoms with Crippen LogP contribution in [0.4, 0.5) is 11.4 Å². The summed E-state index contributed by atoms with van der Waals surface area (Å²) in [6.45, 7) is 3.45. The zero-order chi connectivity index (χ0) is 25.4. The van der Waals surface area contributed by atoms with Gasteiger partial charge in [0.05, 0.1) is 28.7 Å². The van der Waals surface area contributed by atoms with Crippen LogP contribution in [-0.4, -0.2) is 33.5 Å². The number of carbonyl (C=O) groups is 1. The normalized spacial score (nSPS) is 15.1. The SMILES string of the molecule is Cc1sc(C2(c3ccc(C(=O)Nc4ccccc4N)cc3)CCOCC2)nc1-c1cnc2ccccn12. The topological polar surface area (TPSA) is 94.5 Å². The van der Waals surface area contributed by atoms with Gasteiger partial charge < -0.3 is 15.8 Å². The molecule has 0 atom stereocenters. The highest BCUT2D eigenvalue weighted by Crippen LogP contribution is 2.45. The van der Waals surface area contributed by atoms with Crippen LogP contribution in [0.2, 0.25) is 0 Å². The van der Waals surface area contributed by atoms with Crippen molar-refractivity contribution in [2.45, 2.75) is 25.2 Å². The average Bonchev–Trinajstić information content (AvgIpc) is 3.54. The number of thiazole rings is 1. The molecule has 7 nitrogen and oxygen atoms in total. The summed E-state index contributed by atoms with van der Waals surface area (Å²) < 4.78 is 7.84. The molecule has 4 heterocycles. The smallest absolute Gasteiger partial charge is 0.255 e. The highest BCUT2D eigenvalue weighted by atomic mass is 32.1. The van der Waals surface area contributed by atoms with E-state index >= 15 is 0 Å². The Bertz CT molecular complexity index is 1580. The molecule has 3 aromatic heterocycles. The molecule has 3 N–H and O–H groups in total. The number of hydrogen-bond donors (Lipinski definition) is 2. The molecule has 0 spiro atoms. The minimum Gasteiger partial charge on any atom is -0.397 e. The van der Waals surface area contributed by atoms with Crippen LogP contribution in [-0.2, 0) is 10.2 Å². The van der Waals surface area contributed by atoms with Crippen molar-refractivity contribution in [2.75, 3.05) is 24.3 Å². The summed E-state index contributed by atoms with van der Waals surface area (Å²) in [4.78, 5) is 23.8. The van der Waals surface area contributed by atoms with E-state index in [9.17, 15) is 4.79 Å². The Morgan fingerprint density at radius 3 is 2.59 bits per heavy atom. The van der Waals surface area contributed by atoms with Gasteiger partial charge in [-0.15, -0.1) is 11.3 Å². The number of carbonyl (C=O) groups excluding carboxylic acids is 1. The second-order valence-electron chi connectivity index (χ2n) is 9.31. The molecule has 0 radical (unpaired) electrons. The van der Waals surface area contributed by atoms with E-state index in [0.29, 0.717) is 30.2 Å². The first-order valence-electron chi connectivity index (χ1n) is 12.3. The molecule has 1 aliphatic heterocycles. The van der Waals surface area contributed by atoms with E-state index in [1.54, 1.807) is 23.5 Å². The standard InChI is InChI=1S/C29H27N5O2S/c1-19-26(24-18-31-25-8-4-5-15-34(24)25)33-28(37-19)29(13-16-36-17-14-29)21-11-9-20(10-12-21)27(35)32-23-7-3-2-6-22(23)30/h2-12,15,18H,13-14,16-17,30H2,1H3,(H,32,35). The summed E-state index contributed by atoms with van der Waals surface area (Å²) in [5.74, 6) is -0.189. The Hall–Kier alpha value is -4.01. The fraction of sp³-hybridized carbons (Fsp3) is 0.207. The molecule has 37 heavy (non-hydrogen) atoms. The van der Waals surface area contributed by atoms with E-state index in [1.807, 2.05) is 54.9 Å². The molecule has 0 aliphatic carbocycles. The molecular formula is C29H27N5O2S. The van der Waals surface area contributed by atoms with E-state index in [1.165, 1.54) is 0 Å². The number of rotatable bonds is 5. The van der Waals surface area contributed by atoms with Crippen molar-refractivity contribution in [1.82, 2.24) is 14.4 Å². The quantitative estimate of drug-likeness (QED) is 0.297. The number of pyridine rings is 1. The van der Waals surface area contributed by atoms with Crippen molar-refractivity contribution in [3.05, 3.63) is 100 Å². The molecule has 1 fully saturated rings. The Morgan fingerprint density at radius 2 is 1.81 bits per heavy atom. The van der Waals surface area contributed by atoms with Gasteiger partial charge in [-0.3, -0.25) is 9.20 Å². The van der Waals surface area contributed by atoms with Gasteiger partial charge in [-0.05, 0) is 61.7 Å². The van der Waals surface area contributed by atoms with Crippen molar-refractivity contribution < 1.29 is 9.53 Å². The summed E-state index contributed by atoms with van der Waals surface area (Å²) in [5.41, 5.74) is 11.4. The Morgan fingerprint density at radius 1 is 1.05 bits per heavy atom. The van der Waals surface area contributed by atoms with Crippen LogP contribution >= 0.6 is 11.3 Å². The van der Waals surface area contributed by atoms with Crippen LogP contribution in [0.5, 0.6) is 0 Å². The van der Waals surface area contributed by atoms with Crippen molar-refractivity contribution in [1.29, 1.82) is 0 Å². The van der Waals surface area contributed by atoms with E-state index < -0.39 is 0 Å². The molecule has 1 aliphatic rings. The number of fused-ring (bicyclic) bond motifs is 1. The largest absolute Gasteiger partial charge is 0.397 e. The number of imidazole rings is 1. The van der Waals surface area contributed by atoms with Gasteiger partial charge in [-0.2, -0.15) is 0 Å². The van der Waals surface area contributed by atoms with Crippen LogP contribution in [0, 0.1) is 6.92 Å². The van der Waals surface area contributed by atoms with Gasteiger partial charge in [0.2, 0.25) is 0 Å². The zero-order valence-corrected chi connectivity index (χ0v) is 21.3. The van der Waals surface area contributed by atoms with Gasteiger partial charge in [0.1, 0.15) is 16.3 Å². The predicted molar refractivity (Wildman–Crippen MR) is 147 cm³/mol. The number of anilines is 2. The minimum absolute atomic E-state index is 0.189.